The summed E-state index contributed by atoms with van der Waals surface area (Å²) in [4.78, 5) is 5.11. The number of fused-ring (bicyclic) bond motifs is 14. The van der Waals surface area contributed by atoms with Crippen LogP contribution in [0.3, 0.4) is 0 Å². The first kappa shape index (κ1) is 26.1. The van der Waals surface area contributed by atoms with Crippen molar-refractivity contribution in [1.82, 2.24) is 14.6 Å². The molecule has 2 heterocycles. The van der Waals surface area contributed by atoms with Gasteiger partial charge < -0.3 is 0 Å². The van der Waals surface area contributed by atoms with Crippen LogP contribution in [0.4, 0.5) is 0 Å². The van der Waals surface area contributed by atoms with Crippen LogP contribution in [0.5, 0.6) is 0 Å². The second-order valence-electron chi connectivity index (χ2n) is 13.3. The molecule has 48 heavy (non-hydrogen) atoms. The Kier molecular flexibility index (Phi) is 5.15. The molecule has 224 valence electrons. The second-order valence-corrected chi connectivity index (χ2v) is 13.3. The van der Waals surface area contributed by atoms with Gasteiger partial charge in [0.1, 0.15) is 0 Å². The van der Waals surface area contributed by atoms with Crippen molar-refractivity contribution in [2.45, 2.75) is 17.8 Å². The second kappa shape index (κ2) is 9.49. The van der Waals surface area contributed by atoms with Crippen LogP contribution in [0.1, 0.15) is 44.9 Å². The van der Waals surface area contributed by atoms with Crippen molar-refractivity contribution in [1.29, 1.82) is 0 Å². The number of aromatic nitrogens is 3. The molecule has 0 radical (unpaired) electrons. The molecule has 0 saturated carbocycles. The molecule has 0 amide bonds. The minimum Gasteiger partial charge on any atom is -0.220 e. The summed E-state index contributed by atoms with van der Waals surface area (Å²) in [6.07, 6.45) is 7.61. The Hall–Kier alpha value is -6.06. The maximum Gasteiger partial charge on any atom is 0.182 e. The fourth-order valence-corrected chi connectivity index (χ4v) is 9.00. The van der Waals surface area contributed by atoms with Gasteiger partial charge in [0.15, 0.2) is 11.5 Å². The molecule has 3 heteroatoms. The van der Waals surface area contributed by atoms with Crippen LogP contribution in [0, 0.1) is 0 Å². The van der Waals surface area contributed by atoms with E-state index in [1.165, 1.54) is 66.6 Å². The van der Waals surface area contributed by atoms with Gasteiger partial charge in [0.2, 0.25) is 0 Å². The largest absolute Gasteiger partial charge is 0.220 e. The summed E-state index contributed by atoms with van der Waals surface area (Å²) >= 11 is 0. The van der Waals surface area contributed by atoms with E-state index in [0.29, 0.717) is 0 Å². The number of rotatable bonds is 2. The summed E-state index contributed by atoms with van der Waals surface area (Å²) in [7, 11) is 0. The van der Waals surface area contributed by atoms with E-state index in [9.17, 15) is 0 Å². The molecule has 3 aliphatic carbocycles. The Morgan fingerprint density at radius 2 is 1.23 bits per heavy atom. The summed E-state index contributed by atoms with van der Waals surface area (Å²) in [5.74, 6) is 1.01. The number of nitrogens with zero attached hydrogens (tertiary/aromatic N) is 3. The molecule has 0 bridgehead atoms. The average molecular weight is 612 g/mol. The first-order valence-electron chi connectivity index (χ1n) is 16.8. The van der Waals surface area contributed by atoms with Crippen molar-refractivity contribution in [2.75, 3.05) is 0 Å². The molecular weight excluding hydrogens is 583 g/mol. The average Bonchev–Trinajstić information content (AvgIpc) is 3.81. The van der Waals surface area contributed by atoms with Gasteiger partial charge in [-0.15, -0.1) is 5.10 Å². The SMILES string of the molecule is C1=CC(c2ccc3c(c2)C2(c4ccccc4-c4ccccc42)c2ccccc2-3)Cc2c1cccc2-c1nc2c3ccccc3ccn2n1. The van der Waals surface area contributed by atoms with Crippen LogP contribution in [0.2, 0.25) is 0 Å². The monoisotopic (exact) mass is 611 g/mol. The van der Waals surface area contributed by atoms with Crippen molar-refractivity contribution in [3.63, 3.8) is 0 Å². The smallest absolute Gasteiger partial charge is 0.182 e. The molecule has 1 atom stereocenters. The van der Waals surface area contributed by atoms with Crippen LogP contribution in [0.25, 0.3) is 56.1 Å². The van der Waals surface area contributed by atoms with Gasteiger partial charge in [0, 0.05) is 23.1 Å². The predicted molar refractivity (Wildman–Crippen MR) is 194 cm³/mol. The molecule has 3 nitrogen and oxygen atoms in total. The molecule has 0 aliphatic heterocycles. The number of allylic oxidation sites excluding steroid dienone is 1. The van der Waals surface area contributed by atoms with Gasteiger partial charge in [-0.05, 0) is 79.1 Å². The Bertz CT molecular complexity index is 2610. The Morgan fingerprint density at radius 3 is 1.98 bits per heavy atom. The molecule has 0 fully saturated rings. The third-order valence-electron chi connectivity index (χ3n) is 11.1. The van der Waals surface area contributed by atoms with Crippen LogP contribution in [0.15, 0.2) is 152 Å². The number of benzene rings is 6. The van der Waals surface area contributed by atoms with E-state index in [0.717, 1.165) is 28.8 Å². The predicted octanol–water partition coefficient (Wildman–Crippen LogP) is 10.2. The van der Waals surface area contributed by atoms with Gasteiger partial charge in [-0.1, -0.05) is 146 Å². The van der Waals surface area contributed by atoms with E-state index in [4.69, 9.17) is 10.1 Å². The van der Waals surface area contributed by atoms with E-state index < -0.39 is 0 Å². The number of pyridine rings is 1. The minimum absolute atomic E-state index is 0.231. The van der Waals surface area contributed by atoms with Crippen molar-refractivity contribution >= 4 is 22.5 Å². The standard InChI is InChI=1S/C45H29N3/c1-2-12-32-29(10-1)24-25-48-44(32)46-43(47-48)37-16-9-11-28-20-21-30(26-38(28)37)31-22-23-36-35-15-5-8-19-41(35)45(42(36)27-31)39-17-6-3-13-33(39)34-14-4-7-18-40(34)45/h1-25,27,30H,26H2. The highest BCUT2D eigenvalue weighted by Gasteiger charge is 2.51. The summed E-state index contributed by atoms with van der Waals surface area (Å²) in [5, 5.41) is 7.27. The van der Waals surface area contributed by atoms with E-state index in [1.807, 2.05) is 10.7 Å². The van der Waals surface area contributed by atoms with Crippen molar-refractivity contribution < 1.29 is 0 Å². The summed E-state index contributed by atoms with van der Waals surface area (Å²) < 4.78 is 1.92. The highest BCUT2D eigenvalue weighted by molar-refractivity contribution is 5.96. The molecule has 11 rings (SSSR count). The summed E-state index contributed by atoms with van der Waals surface area (Å²) in [6, 6.07) is 51.4. The lowest BCUT2D eigenvalue weighted by Crippen LogP contribution is -2.26. The zero-order chi connectivity index (χ0) is 31.4. The third kappa shape index (κ3) is 3.33. The van der Waals surface area contributed by atoms with Crippen molar-refractivity contribution in [3.8, 4) is 33.6 Å². The van der Waals surface area contributed by atoms with Gasteiger partial charge in [0.05, 0.1) is 5.41 Å². The lowest BCUT2D eigenvalue weighted by Gasteiger charge is -2.31. The zero-order valence-electron chi connectivity index (χ0n) is 26.1. The molecule has 1 spiro atoms. The topological polar surface area (TPSA) is 30.2 Å². The van der Waals surface area contributed by atoms with Gasteiger partial charge in [-0.3, -0.25) is 0 Å². The van der Waals surface area contributed by atoms with E-state index in [1.54, 1.807) is 0 Å². The molecule has 6 aromatic carbocycles. The molecule has 1 unspecified atom stereocenters. The quantitative estimate of drug-likeness (QED) is 0.195. The maximum atomic E-state index is 5.11. The first-order valence-corrected chi connectivity index (χ1v) is 16.8. The van der Waals surface area contributed by atoms with Crippen LogP contribution in [-0.4, -0.2) is 14.6 Å². The zero-order valence-corrected chi connectivity index (χ0v) is 26.1. The van der Waals surface area contributed by atoms with E-state index in [-0.39, 0.29) is 11.3 Å². The van der Waals surface area contributed by atoms with Gasteiger partial charge in [-0.2, -0.15) is 0 Å². The molecule has 3 aliphatic rings. The molecule has 8 aromatic rings. The normalized spacial score (nSPS) is 16.1. The third-order valence-corrected chi connectivity index (χ3v) is 11.1. The lowest BCUT2D eigenvalue weighted by atomic mass is 9.70. The molecule has 0 N–H and O–H groups in total. The van der Waals surface area contributed by atoms with Crippen LogP contribution >= 0.6 is 0 Å². The fraction of sp³-hybridized carbons (Fsp3) is 0.0667. The fourth-order valence-electron chi connectivity index (χ4n) is 9.00. The highest BCUT2D eigenvalue weighted by atomic mass is 15.3. The van der Waals surface area contributed by atoms with E-state index in [2.05, 4.69) is 152 Å². The first-order chi connectivity index (χ1) is 23.8. The molecular formula is C45H29N3. The van der Waals surface area contributed by atoms with Crippen LogP contribution in [-0.2, 0) is 11.8 Å². The van der Waals surface area contributed by atoms with Crippen molar-refractivity contribution in [2.24, 2.45) is 0 Å². The van der Waals surface area contributed by atoms with Gasteiger partial charge >= 0.3 is 0 Å². The molecule has 0 saturated heterocycles. The highest BCUT2D eigenvalue weighted by Crippen LogP contribution is 2.63. The Labute approximate surface area is 278 Å². The summed E-state index contributed by atoms with van der Waals surface area (Å²) in [5.41, 5.74) is 16.4. The van der Waals surface area contributed by atoms with Crippen molar-refractivity contribution in [3.05, 3.63) is 191 Å². The number of hydrogen-bond donors (Lipinski definition) is 0. The Morgan fingerprint density at radius 1 is 0.583 bits per heavy atom. The van der Waals surface area contributed by atoms with Crippen LogP contribution < -0.4 is 0 Å². The molecule has 2 aromatic heterocycles. The van der Waals surface area contributed by atoms with Gasteiger partial charge in [-0.25, -0.2) is 9.50 Å². The Balaban J connectivity index is 1.06. The summed E-state index contributed by atoms with van der Waals surface area (Å²) in [6.45, 7) is 0. The maximum absolute atomic E-state index is 5.11. The van der Waals surface area contributed by atoms with Gasteiger partial charge in [0.25, 0.3) is 0 Å². The minimum atomic E-state index is -0.334. The lowest BCUT2D eigenvalue weighted by molar-refractivity contribution is 0.780. The number of hydrogen-bond acceptors (Lipinski definition) is 2. The van der Waals surface area contributed by atoms with E-state index >= 15 is 0 Å².